The summed E-state index contributed by atoms with van der Waals surface area (Å²) < 4.78 is 4.96. The molecule has 6 nitrogen and oxygen atoms in total. The number of likely N-dealkylation sites (tertiary alicyclic amines) is 1. The Kier molecular flexibility index (Phi) is 6.75. The van der Waals surface area contributed by atoms with Crippen molar-refractivity contribution in [1.82, 2.24) is 14.8 Å². The number of nitrogens with zero attached hydrogens (tertiary/aromatic N) is 3. The number of thiazole rings is 1. The summed E-state index contributed by atoms with van der Waals surface area (Å²) in [6.07, 6.45) is 8.74. The third-order valence-electron chi connectivity index (χ3n) is 5.87. The second kappa shape index (κ2) is 9.04. The third-order valence-corrected chi connectivity index (χ3v) is 6.82. The second-order valence-electron chi connectivity index (χ2n) is 7.40. The van der Waals surface area contributed by atoms with Gasteiger partial charge in [0.05, 0.1) is 12.8 Å². The highest BCUT2D eigenvalue weighted by Crippen LogP contribution is 2.30. The molecule has 2 aliphatic rings. The van der Waals surface area contributed by atoms with Crippen LogP contribution in [0.5, 0.6) is 0 Å². The van der Waals surface area contributed by atoms with Gasteiger partial charge in [-0.05, 0) is 64.5 Å². The van der Waals surface area contributed by atoms with Crippen LogP contribution >= 0.6 is 11.3 Å². The standard InChI is InChI=1S/C19H32N4O2S/c1-3-22(15-9-10-16-17(13-15)26-18(20)21-16)11-6-8-14-7-4-5-12-23(14)19(24)25-2/h14-15H,3-13H2,1-2H3,(H2,20,21). The van der Waals surface area contributed by atoms with Crippen LogP contribution < -0.4 is 5.73 Å². The van der Waals surface area contributed by atoms with Gasteiger partial charge in [0.25, 0.3) is 0 Å². The molecule has 7 heteroatoms. The quantitative estimate of drug-likeness (QED) is 0.820. The zero-order valence-corrected chi connectivity index (χ0v) is 16.9. The molecule has 1 aliphatic carbocycles. The van der Waals surface area contributed by atoms with E-state index in [9.17, 15) is 4.79 Å². The Morgan fingerprint density at radius 2 is 2.27 bits per heavy atom. The average molecular weight is 381 g/mol. The fourth-order valence-corrected chi connectivity index (χ4v) is 5.43. The van der Waals surface area contributed by atoms with Crippen molar-refractivity contribution in [1.29, 1.82) is 0 Å². The van der Waals surface area contributed by atoms with E-state index in [2.05, 4.69) is 16.8 Å². The number of ether oxygens (including phenoxy) is 1. The lowest BCUT2D eigenvalue weighted by atomic mass is 9.95. The van der Waals surface area contributed by atoms with Crippen LogP contribution in [0.3, 0.4) is 0 Å². The molecule has 1 fully saturated rings. The number of piperidine rings is 1. The fourth-order valence-electron chi connectivity index (χ4n) is 4.48. The maximum absolute atomic E-state index is 12.0. The topological polar surface area (TPSA) is 71.7 Å². The van der Waals surface area contributed by atoms with Crippen molar-refractivity contribution < 1.29 is 9.53 Å². The first-order valence-electron chi connectivity index (χ1n) is 9.95. The van der Waals surface area contributed by atoms with Crippen molar-refractivity contribution in [2.24, 2.45) is 0 Å². The number of methoxy groups -OCH3 is 1. The molecule has 1 saturated heterocycles. The summed E-state index contributed by atoms with van der Waals surface area (Å²) in [4.78, 5) is 22.3. The molecule has 0 spiro atoms. The number of aromatic nitrogens is 1. The van der Waals surface area contributed by atoms with E-state index in [-0.39, 0.29) is 6.09 Å². The highest BCUT2D eigenvalue weighted by atomic mass is 32.1. The number of anilines is 1. The number of fused-ring (bicyclic) bond motifs is 1. The molecule has 2 atom stereocenters. The maximum Gasteiger partial charge on any atom is 0.409 e. The minimum atomic E-state index is -0.162. The van der Waals surface area contributed by atoms with Gasteiger partial charge in [-0.15, -0.1) is 11.3 Å². The van der Waals surface area contributed by atoms with E-state index in [1.807, 2.05) is 4.90 Å². The lowest BCUT2D eigenvalue weighted by molar-refractivity contribution is 0.0838. The van der Waals surface area contributed by atoms with Gasteiger partial charge in [-0.2, -0.15) is 0 Å². The number of nitrogen functional groups attached to an aromatic ring is 1. The predicted molar refractivity (Wildman–Crippen MR) is 106 cm³/mol. The number of aryl methyl sites for hydroxylation is 1. The van der Waals surface area contributed by atoms with Gasteiger partial charge in [0, 0.05) is 23.5 Å². The number of amides is 1. The number of hydrogen-bond donors (Lipinski definition) is 1. The number of carbonyl (C=O) groups is 1. The first-order chi connectivity index (χ1) is 12.6. The van der Waals surface area contributed by atoms with Crippen molar-refractivity contribution in [2.75, 3.05) is 32.5 Å². The lowest BCUT2D eigenvalue weighted by Gasteiger charge is -2.36. The molecule has 1 amide bonds. The molecule has 3 rings (SSSR count). The van der Waals surface area contributed by atoms with Crippen LogP contribution in [-0.4, -0.2) is 59.7 Å². The van der Waals surface area contributed by atoms with Crippen molar-refractivity contribution in [2.45, 2.75) is 70.4 Å². The van der Waals surface area contributed by atoms with E-state index >= 15 is 0 Å². The molecule has 0 radical (unpaired) electrons. The summed E-state index contributed by atoms with van der Waals surface area (Å²) in [7, 11) is 1.48. The molecular weight excluding hydrogens is 348 g/mol. The van der Waals surface area contributed by atoms with Gasteiger partial charge >= 0.3 is 6.09 Å². The van der Waals surface area contributed by atoms with Crippen molar-refractivity contribution in [3.8, 4) is 0 Å². The Hall–Kier alpha value is -1.34. The molecule has 1 aromatic rings. The molecule has 2 N–H and O–H groups in total. The fraction of sp³-hybridized carbons (Fsp3) is 0.789. The van der Waals surface area contributed by atoms with Crippen LogP contribution in [0.2, 0.25) is 0 Å². The summed E-state index contributed by atoms with van der Waals surface area (Å²) in [6, 6.07) is 0.935. The molecule has 0 bridgehead atoms. The smallest absolute Gasteiger partial charge is 0.409 e. The van der Waals surface area contributed by atoms with Gasteiger partial charge in [0.2, 0.25) is 0 Å². The summed E-state index contributed by atoms with van der Waals surface area (Å²) in [6.45, 7) is 5.25. The third kappa shape index (κ3) is 4.49. The van der Waals surface area contributed by atoms with Crippen molar-refractivity contribution in [3.63, 3.8) is 0 Å². The SMILES string of the molecule is CCN(CCCC1CCCCN1C(=O)OC)C1CCc2nc(N)sc2C1. The molecule has 1 aliphatic heterocycles. The van der Waals surface area contributed by atoms with E-state index < -0.39 is 0 Å². The Balaban J connectivity index is 1.50. The Morgan fingerprint density at radius 1 is 1.42 bits per heavy atom. The number of nitrogens with two attached hydrogens (primary N) is 1. The number of rotatable bonds is 6. The van der Waals surface area contributed by atoms with E-state index in [1.165, 1.54) is 30.5 Å². The Labute approximate surface area is 160 Å². The van der Waals surface area contributed by atoms with Crippen LogP contribution in [-0.2, 0) is 17.6 Å². The Morgan fingerprint density at radius 3 is 3.04 bits per heavy atom. The van der Waals surface area contributed by atoms with Crippen LogP contribution in [0.25, 0.3) is 0 Å². The van der Waals surface area contributed by atoms with Gasteiger partial charge in [-0.1, -0.05) is 6.92 Å². The molecule has 0 aromatic carbocycles. The second-order valence-corrected chi connectivity index (χ2v) is 8.52. The minimum absolute atomic E-state index is 0.162. The highest BCUT2D eigenvalue weighted by Gasteiger charge is 2.28. The molecule has 26 heavy (non-hydrogen) atoms. The van der Waals surface area contributed by atoms with Crippen LogP contribution in [0.1, 0.15) is 56.0 Å². The molecule has 1 aromatic heterocycles. The molecule has 146 valence electrons. The van der Waals surface area contributed by atoms with Crippen molar-refractivity contribution in [3.05, 3.63) is 10.6 Å². The minimum Gasteiger partial charge on any atom is -0.453 e. The largest absolute Gasteiger partial charge is 0.453 e. The molecule has 2 unspecified atom stereocenters. The van der Waals surface area contributed by atoms with Gasteiger partial charge in [-0.3, -0.25) is 0 Å². The van der Waals surface area contributed by atoms with Crippen LogP contribution in [0.15, 0.2) is 0 Å². The number of likely N-dealkylation sites (N-methyl/N-ethyl adjacent to an activating group) is 1. The van der Waals surface area contributed by atoms with E-state index in [4.69, 9.17) is 10.5 Å². The Bertz CT molecular complexity index is 606. The first-order valence-corrected chi connectivity index (χ1v) is 10.8. The van der Waals surface area contributed by atoms with Gasteiger partial charge in [0.1, 0.15) is 0 Å². The summed E-state index contributed by atoms with van der Waals surface area (Å²) in [5.41, 5.74) is 7.09. The van der Waals surface area contributed by atoms with E-state index in [1.54, 1.807) is 11.3 Å². The molecule has 0 saturated carbocycles. The molecule has 2 heterocycles. The summed E-state index contributed by atoms with van der Waals surface area (Å²) in [5, 5.41) is 0.707. The van der Waals surface area contributed by atoms with Gasteiger partial charge in [0.15, 0.2) is 5.13 Å². The van der Waals surface area contributed by atoms with Gasteiger partial charge in [-0.25, -0.2) is 9.78 Å². The normalized spacial score (nSPS) is 23.1. The monoisotopic (exact) mass is 380 g/mol. The lowest BCUT2D eigenvalue weighted by Crippen LogP contribution is -2.44. The summed E-state index contributed by atoms with van der Waals surface area (Å²) in [5.74, 6) is 0. The highest BCUT2D eigenvalue weighted by molar-refractivity contribution is 7.15. The zero-order valence-electron chi connectivity index (χ0n) is 16.1. The first kappa shape index (κ1) is 19.4. The van der Waals surface area contributed by atoms with E-state index in [0.717, 1.165) is 58.2 Å². The average Bonchev–Trinajstić information content (AvgIpc) is 3.04. The predicted octanol–water partition coefficient (Wildman–Crippen LogP) is 3.31. The van der Waals surface area contributed by atoms with Crippen LogP contribution in [0.4, 0.5) is 9.93 Å². The van der Waals surface area contributed by atoms with E-state index in [0.29, 0.717) is 17.2 Å². The maximum atomic E-state index is 12.0. The number of hydrogen-bond acceptors (Lipinski definition) is 6. The van der Waals surface area contributed by atoms with Crippen LogP contribution in [0, 0.1) is 0 Å². The summed E-state index contributed by atoms with van der Waals surface area (Å²) >= 11 is 1.66. The number of carbonyl (C=O) groups excluding carboxylic acids is 1. The zero-order chi connectivity index (χ0) is 18.5. The van der Waals surface area contributed by atoms with Gasteiger partial charge < -0.3 is 20.3 Å². The van der Waals surface area contributed by atoms with Crippen molar-refractivity contribution >= 4 is 22.6 Å². The molecular formula is C19H32N4O2S.